The molecule has 9 heteroatoms. The van der Waals surface area contributed by atoms with Crippen molar-refractivity contribution in [3.8, 4) is 0 Å². The SMILES string of the molecule is O=C(COC(=O)CCNC(=O)c1cccs1)NC(c1ccc(F)cc1)c1cccs1. The Bertz CT molecular complexity index is 973. The summed E-state index contributed by atoms with van der Waals surface area (Å²) in [6, 6.07) is 12.6. The molecule has 0 aliphatic rings. The van der Waals surface area contributed by atoms with E-state index in [0.29, 0.717) is 4.88 Å². The lowest BCUT2D eigenvalue weighted by Crippen LogP contribution is -2.33. The predicted octanol–water partition coefficient (Wildman–Crippen LogP) is 3.52. The quantitative estimate of drug-likeness (QED) is 0.493. The van der Waals surface area contributed by atoms with Crippen LogP contribution in [0.2, 0.25) is 0 Å². The Balaban J connectivity index is 1.46. The topological polar surface area (TPSA) is 84.5 Å². The predicted molar refractivity (Wildman–Crippen MR) is 113 cm³/mol. The molecule has 3 aromatic rings. The maximum absolute atomic E-state index is 13.2. The zero-order valence-corrected chi connectivity index (χ0v) is 17.4. The fourth-order valence-electron chi connectivity index (χ4n) is 2.62. The third-order valence-electron chi connectivity index (χ3n) is 4.06. The summed E-state index contributed by atoms with van der Waals surface area (Å²) in [5.74, 6) is -1.69. The molecule has 0 saturated heterocycles. The lowest BCUT2D eigenvalue weighted by molar-refractivity contribution is -0.148. The first-order valence-electron chi connectivity index (χ1n) is 9.08. The van der Waals surface area contributed by atoms with E-state index in [1.165, 1.54) is 34.8 Å². The summed E-state index contributed by atoms with van der Waals surface area (Å²) in [4.78, 5) is 37.4. The highest BCUT2D eigenvalue weighted by Crippen LogP contribution is 2.26. The third-order valence-corrected chi connectivity index (χ3v) is 5.87. The van der Waals surface area contributed by atoms with E-state index in [2.05, 4.69) is 10.6 Å². The normalized spacial score (nSPS) is 11.5. The molecule has 1 atom stereocenters. The molecule has 1 unspecified atom stereocenters. The third kappa shape index (κ3) is 6.23. The van der Waals surface area contributed by atoms with Crippen LogP contribution in [0.5, 0.6) is 0 Å². The van der Waals surface area contributed by atoms with Gasteiger partial charge in [-0.1, -0.05) is 24.3 Å². The largest absolute Gasteiger partial charge is 0.456 e. The van der Waals surface area contributed by atoms with Gasteiger partial charge in [0, 0.05) is 11.4 Å². The summed E-state index contributed by atoms with van der Waals surface area (Å²) in [6.45, 7) is -0.328. The van der Waals surface area contributed by atoms with Crippen LogP contribution in [0.4, 0.5) is 4.39 Å². The number of hydrogen-bond acceptors (Lipinski definition) is 6. The Labute approximate surface area is 180 Å². The smallest absolute Gasteiger partial charge is 0.308 e. The zero-order chi connectivity index (χ0) is 21.3. The Morgan fingerprint density at radius 1 is 1.00 bits per heavy atom. The van der Waals surface area contributed by atoms with Gasteiger partial charge in [-0.25, -0.2) is 4.39 Å². The van der Waals surface area contributed by atoms with Crippen molar-refractivity contribution in [3.05, 3.63) is 80.4 Å². The van der Waals surface area contributed by atoms with E-state index in [1.54, 1.807) is 29.6 Å². The van der Waals surface area contributed by atoms with Crippen molar-refractivity contribution in [2.75, 3.05) is 13.2 Å². The van der Waals surface area contributed by atoms with E-state index in [9.17, 15) is 18.8 Å². The van der Waals surface area contributed by atoms with Crippen LogP contribution in [0.1, 0.15) is 32.6 Å². The number of amides is 2. The molecule has 0 spiro atoms. The van der Waals surface area contributed by atoms with Gasteiger partial charge in [-0.15, -0.1) is 22.7 Å². The number of hydrogen-bond donors (Lipinski definition) is 2. The first-order chi connectivity index (χ1) is 14.5. The summed E-state index contributed by atoms with van der Waals surface area (Å²) < 4.78 is 18.2. The molecule has 0 bridgehead atoms. The van der Waals surface area contributed by atoms with Crippen LogP contribution in [0.3, 0.4) is 0 Å². The molecule has 30 heavy (non-hydrogen) atoms. The summed E-state index contributed by atoms with van der Waals surface area (Å²) in [5.41, 5.74) is 0.717. The molecule has 156 valence electrons. The molecular formula is C21H19FN2O4S2. The molecule has 2 N–H and O–H groups in total. The van der Waals surface area contributed by atoms with Crippen molar-refractivity contribution >= 4 is 40.5 Å². The molecule has 2 aromatic heterocycles. The van der Waals surface area contributed by atoms with Crippen molar-refractivity contribution in [1.29, 1.82) is 0 Å². The number of halogens is 1. The monoisotopic (exact) mass is 446 g/mol. The number of ether oxygens (including phenoxy) is 1. The zero-order valence-electron chi connectivity index (χ0n) is 15.8. The second kappa shape index (κ2) is 10.7. The van der Waals surface area contributed by atoms with Gasteiger partial charge in [-0.3, -0.25) is 14.4 Å². The highest BCUT2D eigenvalue weighted by atomic mass is 32.1. The van der Waals surface area contributed by atoms with Crippen LogP contribution < -0.4 is 10.6 Å². The van der Waals surface area contributed by atoms with E-state index < -0.39 is 24.5 Å². The number of carbonyl (C=O) groups is 3. The lowest BCUT2D eigenvalue weighted by Gasteiger charge is -2.18. The van der Waals surface area contributed by atoms with Gasteiger partial charge in [-0.2, -0.15) is 0 Å². The molecule has 0 aliphatic carbocycles. The molecular weight excluding hydrogens is 427 g/mol. The minimum absolute atomic E-state index is 0.0449. The molecule has 2 heterocycles. The number of carbonyl (C=O) groups excluding carboxylic acids is 3. The minimum atomic E-state index is -0.592. The second-order valence-electron chi connectivity index (χ2n) is 6.21. The van der Waals surface area contributed by atoms with Crippen molar-refractivity contribution in [3.63, 3.8) is 0 Å². The van der Waals surface area contributed by atoms with Gasteiger partial charge < -0.3 is 15.4 Å². The number of thiophene rings is 2. The van der Waals surface area contributed by atoms with Gasteiger partial charge in [0.2, 0.25) is 0 Å². The number of benzene rings is 1. The van der Waals surface area contributed by atoms with Gasteiger partial charge in [0.1, 0.15) is 5.82 Å². The van der Waals surface area contributed by atoms with Crippen molar-refractivity contribution in [2.24, 2.45) is 0 Å². The summed E-state index contributed by atoms with van der Waals surface area (Å²) in [7, 11) is 0. The highest BCUT2D eigenvalue weighted by Gasteiger charge is 2.19. The number of nitrogens with one attached hydrogen (secondary N) is 2. The first kappa shape index (κ1) is 21.7. The van der Waals surface area contributed by atoms with Gasteiger partial charge in [0.25, 0.3) is 11.8 Å². The molecule has 6 nitrogen and oxygen atoms in total. The van der Waals surface area contributed by atoms with Crippen molar-refractivity contribution < 1.29 is 23.5 Å². The van der Waals surface area contributed by atoms with E-state index in [1.807, 2.05) is 17.5 Å². The molecule has 3 rings (SSSR count). The average molecular weight is 447 g/mol. The Hall–Kier alpha value is -3.04. The van der Waals surface area contributed by atoms with Crippen LogP contribution in [-0.2, 0) is 14.3 Å². The molecule has 0 fully saturated rings. The lowest BCUT2D eigenvalue weighted by atomic mass is 10.1. The van der Waals surface area contributed by atoms with Crippen LogP contribution in [-0.4, -0.2) is 30.9 Å². The summed E-state index contributed by atoms with van der Waals surface area (Å²) in [6.07, 6.45) is -0.0449. The fraction of sp³-hybridized carbons (Fsp3) is 0.190. The Kier molecular flexibility index (Phi) is 7.69. The second-order valence-corrected chi connectivity index (χ2v) is 8.14. The molecule has 0 radical (unpaired) electrons. The van der Waals surface area contributed by atoms with Gasteiger partial charge in [0.15, 0.2) is 6.61 Å². The Morgan fingerprint density at radius 2 is 1.73 bits per heavy atom. The summed E-state index contributed by atoms with van der Waals surface area (Å²) >= 11 is 2.76. The first-order valence-corrected chi connectivity index (χ1v) is 10.8. The van der Waals surface area contributed by atoms with Crippen LogP contribution in [0.25, 0.3) is 0 Å². The van der Waals surface area contributed by atoms with Crippen LogP contribution in [0.15, 0.2) is 59.3 Å². The molecule has 0 aliphatic heterocycles. The molecule has 1 aromatic carbocycles. The van der Waals surface area contributed by atoms with Gasteiger partial charge in [-0.05, 0) is 40.6 Å². The van der Waals surface area contributed by atoms with Crippen LogP contribution in [0, 0.1) is 5.82 Å². The Morgan fingerprint density at radius 3 is 2.40 bits per heavy atom. The highest BCUT2D eigenvalue weighted by molar-refractivity contribution is 7.12. The number of esters is 1. The molecule has 0 saturated carbocycles. The fourth-order valence-corrected chi connectivity index (χ4v) is 4.07. The maximum Gasteiger partial charge on any atom is 0.308 e. The van der Waals surface area contributed by atoms with Gasteiger partial charge in [0.05, 0.1) is 17.3 Å². The van der Waals surface area contributed by atoms with E-state index in [0.717, 1.165) is 10.4 Å². The summed E-state index contributed by atoms with van der Waals surface area (Å²) in [5, 5.41) is 9.09. The van der Waals surface area contributed by atoms with E-state index in [4.69, 9.17) is 4.74 Å². The van der Waals surface area contributed by atoms with Crippen LogP contribution >= 0.6 is 22.7 Å². The maximum atomic E-state index is 13.2. The van der Waals surface area contributed by atoms with Crippen molar-refractivity contribution in [1.82, 2.24) is 10.6 Å². The van der Waals surface area contributed by atoms with E-state index >= 15 is 0 Å². The van der Waals surface area contributed by atoms with Gasteiger partial charge >= 0.3 is 5.97 Å². The van der Waals surface area contributed by atoms with E-state index in [-0.39, 0.29) is 24.7 Å². The minimum Gasteiger partial charge on any atom is -0.456 e. The average Bonchev–Trinajstić information content (AvgIpc) is 3.45. The molecule has 2 amide bonds. The standard InChI is InChI=1S/C21H19FN2O4S2/c22-15-7-5-14(6-8-15)20(16-3-1-11-29-16)24-18(25)13-28-19(26)9-10-23-21(27)17-4-2-12-30-17/h1-8,11-12,20H,9-10,13H2,(H,23,27)(H,24,25). The van der Waals surface area contributed by atoms with Crippen molar-refractivity contribution in [2.45, 2.75) is 12.5 Å². The number of rotatable bonds is 9.